The molecule has 1 amide bonds. The second kappa shape index (κ2) is 10.7. The lowest BCUT2D eigenvalue weighted by atomic mass is 10.0. The van der Waals surface area contributed by atoms with Gasteiger partial charge >= 0.3 is 24.8 Å². The number of carbonyl (C=O) groups excluding carboxylic acids is 1. The second-order valence-electron chi connectivity index (χ2n) is 9.00. The molecule has 0 unspecified atom stereocenters. The van der Waals surface area contributed by atoms with Crippen molar-refractivity contribution in [3.63, 3.8) is 0 Å². The van der Waals surface area contributed by atoms with Gasteiger partial charge in [-0.25, -0.2) is 17.9 Å². The molecule has 1 aliphatic heterocycles. The molecule has 18 heteroatoms. The summed E-state index contributed by atoms with van der Waals surface area (Å²) in [5.74, 6) is -2.25. The predicted molar refractivity (Wildman–Crippen MR) is 126 cm³/mol. The molecule has 3 rings (SSSR count). The van der Waals surface area contributed by atoms with E-state index in [2.05, 4.69) is 15.2 Å². The summed E-state index contributed by atoms with van der Waals surface area (Å²) in [6, 6.07) is 3.40. The van der Waals surface area contributed by atoms with Gasteiger partial charge in [-0.3, -0.25) is 14.4 Å². The number of ether oxygens (including phenoxy) is 2. The molecule has 39 heavy (non-hydrogen) atoms. The van der Waals surface area contributed by atoms with Crippen LogP contribution >= 0.6 is 11.6 Å². The number of hydrogen-bond acceptors (Lipinski definition) is 7. The number of fused-ring (bicyclic) bond motifs is 1. The number of aliphatic carboxylic acids is 1. The van der Waals surface area contributed by atoms with Gasteiger partial charge in [-0.05, 0) is 38.5 Å². The number of carboxylic acids is 1. The van der Waals surface area contributed by atoms with Gasteiger partial charge < -0.3 is 14.6 Å². The SMILES string of the molecule is C[C@H](C[C@H]1CN(S(=O)(=O)c2cn(C(F)F)nc2Cl)c2cc(NC(=O)OC(C)(C)C(F)(F)F)ccc2O1)C(=O)O. The summed E-state index contributed by atoms with van der Waals surface area (Å²) in [6.45, 7) is -1.09. The molecule has 2 atom stereocenters. The Morgan fingerprint density at radius 3 is 2.49 bits per heavy atom. The van der Waals surface area contributed by atoms with E-state index in [1.807, 2.05) is 0 Å². The van der Waals surface area contributed by atoms with E-state index < -0.39 is 69.0 Å². The summed E-state index contributed by atoms with van der Waals surface area (Å²) < 4.78 is 103. The molecule has 1 aromatic carbocycles. The molecule has 0 saturated carbocycles. The van der Waals surface area contributed by atoms with Crippen molar-refractivity contribution in [1.82, 2.24) is 9.78 Å². The minimum atomic E-state index is -4.89. The Morgan fingerprint density at radius 1 is 1.31 bits per heavy atom. The molecule has 2 heterocycles. The van der Waals surface area contributed by atoms with Crippen LogP contribution in [0.5, 0.6) is 5.75 Å². The molecule has 0 fully saturated rings. The highest BCUT2D eigenvalue weighted by atomic mass is 35.5. The number of benzene rings is 1. The minimum Gasteiger partial charge on any atom is -0.486 e. The number of amides is 1. The van der Waals surface area contributed by atoms with E-state index in [1.165, 1.54) is 19.1 Å². The van der Waals surface area contributed by atoms with Gasteiger partial charge in [0.1, 0.15) is 16.7 Å². The Bertz CT molecular complexity index is 1370. The maximum Gasteiger partial charge on any atom is 0.427 e. The van der Waals surface area contributed by atoms with Crippen molar-refractivity contribution >= 4 is 45.1 Å². The van der Waals surface area contributed by atoms with E-state index in [9.17, 15) is 45.1 Å². The lowest BCUT2D eigenvalue weighted by molar-refractivity contribution is -0.242. The number of nitrogens with one attached hydrogen (secondary N) is 1. The van der Waals surface area contributed by atoms with Gasteiger partial charge in [-0.15, -0.1) is 0 Å². The van der Waals surface area contributed by atoms with E-state index in [-0.39, 0.29) is 28.2 Å². The van der Waals surface area contributed by atoms with Crippen molar-refractivity contribution in [1.29, 1.82) is 0 Å². The second-order valence-corrected chi connectivity index (χ2v) is 11.2. The van der Waals surface area contributed by atoms with Crippen molar-refractivity contribution in [3.05, 3.63) is 29.5 Å². The predicted octanol–water partition coefficient (Wildman–Crippen LogP) is 4.89. The summed E-state index contributed by atoms with van der Waals surface area (Å²) in [5.41, 5.74) is -3.30. The normalized spacial score (nSPS) is 16.9. The van der Waals surface area contributed by atoms with E-state index in [4.69, 9.17) is 16.3 Å². The first kappa shape index (κ1) is 30.2. The highest BCUT2D eigenvalue weighted by molar-refractivity contribution is 7.93. The van der Waals surface area contributed by atoms with Gasteiger partial charge in [0.2, 0.25) is 5.60 Å². The van der Waals surface area contributed by atoms with Crippen LogP contribution in [0.4, 0.5) is 38.1 Å². The van der Waals surface area contributed by atoms with Crippen LogP contribution in [-0.2, 0) is 19.6 Å². The molecule has 0 bridgehead atoms. The summed E-state index contributed by atoms with van der Waals surface area (Å²) in [5, 5.41) is 13.8. The van der Waals surface area contributed by atoms with Crippen LogP contribution in [0.3, 0.4) is 0 Å². The summed E-state index contributed by atoms with van der Waals surface area (Å²) in [6.07, 6.45) is -7.05. The minimum absolute atomic E-state index is 0.0247. The number of aromatic nitrogens is 2. The fourth-order valence-corrected chi connectivity index (χ4v) is 5.34. The number of nitrogens with zero attached hydrogens (tertiary/aromatic N) is 3. The van der Waals surface area contributed by atoms with Gasteiger partial charge in [0.05, 0.1) is 24.3 Å². The number of sulfonamides is 1. The monoisotopic (exact) mass is 604 g/mol. The fourth-order valence-electron chi connectivity index (χ4n) is 3.41. The number of alkyl halides is 5. The third-order valence-electron chi connectivity index (χ3n) is 5.63. The highest BCUT2D eigenvalue weighted by Crippen LogP contribution is 2.41. The Balaban J connectivity index is 2.01. The number of anilines is 2. The van der Waals surface area contributed by atoms with Crippen molar-refractivity contribution in [3.8, 4) is 5.75 Å². The zero-order valence-electron chi connectivity index (χ0n) is 20.4. The standard InChI is InChI=1S/C21H22ClF5N4O7S/c1-10(17(32)33)6-12-8-31(39(35,36)15-9-30(18(23)24)29-16(15)22)13-7-11(4-5-14(13)37-12)28-19(34)38-20(2,3)21(25,26)27/h4-5,7,9-10,12,18H,6,8H2,1-3H3,(H,28,34)(H,32,33)/t10-,12+/m1/s1. The zero-order valence-corrected chi connectivity index (χ0v) is 21.9. The largest absolute Gasteiger partial charge is 0.486 e. The average Bonchev–Trinajstić information content (AvgIpc) is 3.20. The lowest BCUT2D eigenvalue weighted by Gasteiger charge is -2.36. The zero-order chi connectivity index (χ0) is 29.5. The van der Waals surface area contributed by atoms with Crippen molar-refractivity contribution in [2.75, 3.05) is 16.2 Å². The molecule has 0 radical (unpaired) electrons. The van der Waals surface area contributed by atoms with E-state index >= 15 is 0 Å². The number of carbonyl (C=O) groups is 2. The molecule has 0 aliphatic carbocycles. The average molecular weight is 605 g/mol. The Kier molecular flexibility index (Phi) is 8.27. The lowest BCUT2D eigenvalue weighted by Crippen LogP contribution is -2.45. The van der Waals surface area contributed by atoms with Gasteiger partial charge in [-0.1, -0.05) is 18.5 Å². The summed E-state index contributed by atoms with van der Waals surface area (Å²) in [7, 11) is -4.74. The first-order chi connectivity index (χ1) is 17.8. The van der Waals surface area contributed by atoms with Crippen molar-refractivity contribution in [2.24, 2.45) is 5.92 Å². The summed E-state index contributed by atoms with van der Waals surface area (Å²) >= 11 is 5.84. The Morgan fingerprint density at radius 2 is 1.95 bits per heavy atom. The fraction of sp³-hybridized carbons (Fsp3) is 0.476. The van der Waals surface area contributed by atoms with Gasteiger partial charge in [0.25, 0.3) is 10.0 Å². The van der Waals surface area contributed by atoms with Crippen LogP contribution in [0.25, 0.3) is 0 Å². The quantitative estimate of drug-likeness (QED) is 0.406. The molecule has 1 aliphatic rings. The number of rotatable bonds is 8. The van der Waals surface area contributed by atoms with Gasteiger partial charge in [-0.2, -0.15) is 27.1 Å². The van der Waals surface area contributed by atoms with Crippen LogP contribution in [0.2, 0.25) is 5.15 Å². The molecule has 2 aromatic rings. The number of hydrogen-bond donors (Lipinski definition) is 2. The molecule has 216 valence electrons. The molecular formula is C21H22ClF5N4O7S. The molecule has 0 spiro atoms. The number of carboxylic acid groups (broad SMARTS) is 1. The smallest absolute Gasteiger partial charge is 0.427 e. The van der Waals surface area contributed by atoms with Crippen molar-refractivity contribution in [2.45, 2.75) is 56.5 Å². The van der Waals surface area contributed by atoms with Crippen LogP contribution in [0.1, 0.15) is 33.7 Å². The first-order valence-electron chi connectivity index (χ1n) is 11.0. The van der Waals surface area contributed by atoms with E-state index in [0.717, 1.165) is 6.07 Å². The van der Waals surface area contributed by atoms with Crippen molar-refractivity contribution < 1.29 is 54.5 Å². The first-order valence-corrected chi connectivity index (χ1v) is 12.8. The molecular weight excluding hydrogens is 583 g/mol. The Hall–Kier alpha value is -3.34. The molecule has 11 nitrogen and oxygen atoms in total. The third-order valence-corrected chi connectivity index (χ3v) is 7.80. The van der Waals surface area contributed by atoms with Crippen LogP contribution in [0.15, 0.2) is 29.3 Å². The highest BCUT2D eigenvalue weighted by Gasteiger charge is 2.51. The maximum absolute atomic E-state index is 13.5. The Labute approximate surface area is 223 Å². The molecule has 0 saturated heterocycles. The topological polar surface area (TPSA) is 140 Å². The molecule has 2 N–H and O–H groups in total. The van der Waals surface area contributed by atoms with Crippen LogP contribution in [0, 0.1) is 5.92 Å². The third kappa shape index (κ3) is 6.46. The van der Waals surface area contributed by atoms with E-state index in [1.54, 1.807) is 0 Å². The van der Waals surface area contributed by atoms with Gasteiger partial charge in [0, 0.05) is 5.69 Å². The van der Waals surface area contributed by atoms with E-state index in [0.29, 0.717) is 24.3 Å². The van der Waals surface area contributed by atoms with Crippen LogP contribution < -0.4 is 14.4 Å². The molecule has 1 aromatic heterocycles. The van der Waals surface area contributed by atoms with Crippen LogP contribution in [-0.4, -0.2) is 59.8 Å². The number of halogens is 6. The maximum atomic E-state index is 13.5. The summed E-state index contributed by atoms with van der Waals surface area (Å²) in [4.78, 5) is 22.7. The van der Waals surface area contributed by atoms with Gasteiger partial charge in [0.15, 0.2) is 5.15 Å².